The van der Waals surface area contributed by atoms with E-state index in [2.05, 4.69) is 134 Å². The van der Waals surface area contributed by atoms with Gasteiger partial charge in [0.15, 0.2) is 0 Å². The van der Waals surface area contributed by atoms with Crippen LogP contribution in [0.4, 0.5) is 17.1 Å². The lowest BCUT2D eigenvalue weighted by molar-refractivity contribution is 1.28. The Labute approximate surface area is 194 Å². The summed E-state index contributed by atoms with van der Waals surface area (Å²) >= 11 is 0. The van der Waals surface area contributed by atoms with Gasteiger partial charge in [0.2, 0.25) is 0 Å². The topological polar surface area (TPSA) is 3.24 Å². The summed E-state index contributed by atoms with van der Waals surface area (Å²) in [6, 6.07) is 42.0. The maximum atomic E-state index is 2.39. The maximum Gasteiger partial charge on any atom is 0.0546 e. The molecule has 0 aliphatic carbocycles. The quantitative estimate of drug-likeness (QED) is 0.256. The average Bonchev–Trinajstić information content (AvgIpc) is 2.86. The van der Waals surface area contributed by atoms with Gasteiger partial charge in [-0.05, 0) is 71.1 Å². The van der Waals surface area contributed by atoms with Gasteiger partial charge in [-0.25, -0.2) is 0 Å². The van der Waals surface area contributed by atoms with Crippen molar-refractivity contribution in [2.45, 2.75) is 13.8 Å². The lowest BCUT2D eigenvalue weighted by Gasteiger charge is -2.28. The molecule has 0 N–H and O–H groups in total. The molecule has 0 radical (unpaired) electrons. The van der Waals surface area contributed by atoms with Crippen LogP contribution in [0.2, 0.25) is 0 Å². The molecule has 0 saturated carbocycles. The highest BCUT2D eigenvalue weighted by atomic mass is 15.1. The Bertz CT molecular complexity index is 1560. The predicted octanol–water partition coefficient (Wildman–Crippen LogP) is 9.23. The summed E-state index contributed by atoms with van der Waals surface area (Å²) in [5, 5.41) is 7.66. The van der Waals surface area contributed by atoms with Crippen LogP contribution in [0, 0.1) is 13.8 Å². The minimum atomic E-state index is 1.16. The molecule has 6 rings (SSSR count). The molecule has 0 unspecified atom stereocenters. The number of aryl methyl sites for hydroxylation is 2. The van der Waals surface area contributed by atoms with Crippen molar-refractivity contribution in [3.8, 4) is 0 Å². The SMILES string of the molecule is Cc1ccc(N(c2ccc(C)cc2)c2cc3c4ccccc4ccc3c3ccccc23)cc1. The van der Waals surface area contributed by atoms with Crippen LogP contribution in [0.1, 0.15) is 11.1 Å². The van der Waals surface area contributed by atoms with Crippen LogP contribution < -0.4 is 4.90 Å². The highest BCUT2D eigenvalue weighted by molar-refractivity contribution is 6.21. The summed E-state index contributed by atoms with van der Waals surface area (Å²) in [6.45, 7) is 4.27. The number of anilines is 3. The standard InChI is InChI=1S/C32H25N/c1-22-11-16-25(17-12-22)33(26-18-13-23(2)14-19-26)32-21-31-27-8-4-3-7-24(27)15-20-29(31)28-9-5-6-10-30(28)32/h3-21H,1-2H3. The molecule has 1 nitrogen and oxygen atoms in total. The summed E-state index contributed by atoms with van der Waals surface area (Å²) in [7, 11) is 0. The van der Waals surface area contributed by atoms with E-state index in [1.807, 2.05) is 0 Å². The molecule has 6 aromatic carbocycles. The Morgan fingerprint density at radius 1 is 0.424 bits per heavy atom. The first kappa shape index (κ1) is 19.6. The molecular weight excluding hydrogens is 398 g/mol. The predicted molar refractivity (Wildman–Crippen MR) is 143 cm³/mol. The monoisotopic (exact) mass is 423 g/mol. The lowest BCUT2D eigenvalue weighted by Crippen LogP contribution is -2.10. The zero-order valence-corrected chi connectivity index (χ0v) is 18.9. The van der Waals surface area contributed by atoms with Gasteiger partial charge in [-0.3, -0.25) is 0 Å². The molecule has 0 saturated heterocycles. The Kier molecular flexibility index (Phi) is 4.62. The Hall–Kier alpha value is -4.10. The summed E-state index contributed by atoms with van der Waals surface area (Å²) in [5.74, 6) is 0. The van der Waals surface area contributed by atoms with Crippen LogP contribution in [0.5, 0.6) is 0 Å². The number of nitrogens with zero attached hydrogens (tertiary/aromatic N) is 1. The van der Waals surface area contributed by atoms with Crippen molar-refractivity contribution in [3.63, 3.8) is 0 Å². The third kappa shape index (κ3) is 3.34. The Morgan fingerprint density at radius 3 is 1.58 bits per heavy atom. The molecule has 1 heteroatoms. The average molecular weight is 424 g/mol. The first-order valence-corrected chi connectivity index (χ1v) is 11.5. The van der Waals surface area contributed by atoms with Crippen molar-refractivity contribution in [2.24, 2.45) is 0 Å². The van der Waals surface area contributed by atoms with Crippen LogP contribution >= 0.6 is 0 Å². The van der Waals surface area contributed by atoms with Crippen molar-refractivity contribution >= 4 is 49.4 Å². The number of rotatable bonds is 3. The highest BCUT2D eigenvalue weighted by Crippen LogP contribution is 2.43. The summed E-state index contributed by atoms with van der Waals surface area (Å²) in [5.41, 5.74) is 6.04. The smallest absolute Gasteiger partial charge is 0.0546 e. The number of benzene rings is 6. The zero-order chi connectivity index (χ0) is 22.4. The van der Waals surface area contributed by atoms with Gasteiger partial charge in [0.25, 0.3) is 0 Å². The molecule has 0 heterocycles. The van der Waals surface area contributed by atoms with Crippen molar-refractivity contribution in [1.29, 1.82) is 0 Å². The van der Waals surface area contributed by atoms with Crippen LogP contribution in [0.3, 0.4) is 0 Å². The number of hydrogen-bond donors (Lipinski definition) is 0. The lowest BCUT2D eigenvalue weighted by atomic mass is 9.95. The molecule has 0 aromatic heterocycles. The maximum absolute atomic E-state index is 2.39. The van der Waals surface area contributed by atoms with E-state index in [0.717, 1.165) is 11.4 Å². The van der Waals surface area contributed by atoms with Crippen LogP contribution in [0.25, 0.3) is 32.3 Å². The van der Waals surface area contributed by atoms with E-state index in [9.17, 15) is 0 Å². The minimum absolute atomic E-state index is 1.16. The molecular formula is C32H25N. The van der Waals surface area contributed by atoms with Crippen molar-refractivity contribution in [3.05, 3.63) is 126 Å². The van der Waals surface area contributed by atoms with E-state index in [0.29, 0.717) is 0 Å². The molecule has 0 fully saturated rings. The fourth-order valence-electron chi connectivity index (χ4n) is 4.84. The fourth-order valence-corrected chi connectivity index (χ4v) is 4.84. The molecule has 0 bridgehead atoms. The van der Waals surface area contributed by atoms with E-state index < -0.39 is 0 Å². The first-order chi connectivity index (χ1) is 16.2. The molecule has 0 spiro atoms. The van der Waals surface area contributed by atoms with Crippen LogP contribution in [0.15, 0.2) is 115 Å². The van der Waals surface area contributed by atoms with E-state index >= 15 is 0 Å². The molecule has 33 heavy (non-hydrogen) atoms. The van der Waals surface area contributed by atoms with Gasteiger partial charge in [-0.1, -0.05) is 96.1 Å². The molecule has 0 atom stereocenters. The number of hydrogen-bond acceptors (Lipinski definition) is 1. The van der Waals surface area contributed by atoms with Gasteiger partial charge in [0.1, 0.15) is 0 Å². The normalized spacial score (nSPS) is 11.3. The summed E-state index contributed by atoms with van der Waals surface area (Å²) < 4.78 is 0. The molecule has 158 valence electrons. The number of fused-ring (bicyclic) bond motifs is 5. The van der Waals surface area contributed by atoms with Gasteiger partial charge < -0.3 is 4.90 Å². The Morgan fingerprint density at radius 2 is 0.939 bits per heavy atom. The van der Waals surface area contributed by atoms with E-state index in [-0.39, 0.29) is 0 Å². The molecule has 6 aromatic rings. The van der Waals surface area contributed by atoms with Crippen LogP contribution in [-0.4, -0.2) is 0 Å². The van der Waals surface area contributed by atoms with Gasteiger partial charge in [0.05, 0.1) is 5.69 Å². The van der Waals surface area contributed by atoms with Crippen molar-refractivity contribution in [2.75, 3.05) is 4.90 Å². The summed E-state index contributed by atoms with van der Waals surface area (Å²) in [6.07, 6.45) is 0. The van der Waals surface area contributed by atoms with Gasteiger partial charge in [-0.2, -0.15) is 0 Å². The van der Waals surface area contributed by atoms with Gasteiger partial charge >= 0.3 is 0 Å². The fraction of sp³-hybridized carbons (Fsp3) is 0.0625. The second-order valence-corrected chi connectivity index (χ2v) is 8.83. The molecule has 0 amide bonds. The third-order valence-electron chi connectivity index (χ3n) is 6.57. The van der Waals surface area contributed by atoms with Crippen molar-refractivity contribution < 1.29 is 0 Å². The van der Waals surface area contributed by atoms with E-state index in [1.54, 1.807) is 0 Å². The third-order valence-corrected chi connectivity index (χ3v) is 6.57. The van der Waals surface area contributed by atoms with Gasteiger partial charge in [-0.15, -0.1) is 0 Å². The second-order valence-electron chi connectivity index (χ2n) is 8.83. The Balaban J connectivity index is 1.74. The summed E-state index contributed by atoms with van der Waals surface area (Å²) in [4.78, 5) is 2.39. The van der Waals surface area contributed by atoms with Crippen molar-refractivity contribution in [1.82, 2.24) is 0 Å². The van der Waals surface area contributed by atoms with Gasteiger partial charge in [0, 0.05) is 16.8 Å². The zero-order valence-electron chi connectivity index (χ0n) is 18.9. The van der Waals surface area contributed by atoms with E-state index in [4.69, 9.17) is 0 Å². The largest absolute Gasteiger partial charge is 0.310 e. The first-order valence-electron chi connectivity index (χ1n) is 11.5. The minimum Gasteiger partial charge on any atom is -0.310 e. The highest BCUT2D eigenvalue weighted by Gasteiger charge is 2.17. The molecule has 0 aliphatic rings. The second kappa shape index (κ2) is 7.79. The molecule has 0 aliphatic heterocycles. The van der Waals surface area contributed by atoms with Crippen LogP contribution in [-0.2, 0) is 0 Å². The van der Waals surface area contributed by atoms with E-state index in [1.165, 1.54) is 49.1 Å².